The largest absolute Gasteiger partial charge is 0.389 e. The standard InChI is InChI=1S/C10H20N2O/c1-5-12(8-10(3,4)13)9(2)6-7-11/h9,13H,5-6,8H2,1-4H3. The summed E-state index contributed by atoms with van der Waals surface area (Å²) in [5.41, 5.74) is -0.681. The fourth-order valence-corrected chi connectivity index (χ4v) is 1.34. The predicted molar refractivity (Wildman–Crippen MR) is 53.2 cm³/mol. The summed E-state index contributed by atoms with van der Waals surface area (Å²) in [6.07, 6.45) is 0.518. The van der Waals surface area contributed by atoms with Crippen molar-refractivity contribution in [3.05, 3.63) is 0 Å². The van der Waals surface area contributed by atoms with Gasteiger partial charge in [-0.2, -0.15) is 5.26 Å². The van der Waals surface area contributed by atoms with Gasteiger partial charge in [0.2, 0.25) is 0 Å². The molecule has 3 heteroatoms. The molecule has 13 heavy (non-hydrogen) atoms. The van der Waals surface area contributed by atoms with E-state index in [-0.39, 0.29) is 6.04 Å². The first-order valence-corrected chi connectivity index (χ1v) is 4.74. The van der Waals surface area contributed by atoms with Crippen molar-refractivity contribution in [1.29, 1.82) is 5.26 Å². The van der Waals surface area contributed by atoms with Crippen LogP contribution in [0, 0.1) is 11.3 Å². The van der Waals surface area contributed by atoms with E-state index >= 15 is 0 Å². The summed E-state index contributed by atoms with van der Waals surface area (Å²) >= 11 is 0. The molecule has 1 atom stereocenters. The van der Waals surface area contributed by atoms with Gasteiger partial charge in [0, 0.05) is 12.6 Å². The normalized spacial score (nSPS) is 14.2. The van der Waals surface area contributed by atoms with Crippen molar-refractivity contribution in [1.82, 2.24) is 4.90 Å². The summed E-state index contributed by atoms with van der Waals surface area (Å²) in [6, 6.07) is 2.37. The molecule has 0 aromatic carbocycles. The Labute approximate surface area is 81.0 Å². The van der Waals surface area contributed by atoms with Crippen LogP contribution in [-0.2, 0) is 0 Å². The molecule has 76 valence electrons. The molecule has 0 aromatic rings. The Bertz CT molecular complexity index is 178. The number of nitriles is 1. The fourth-order valence-electron chi connectivity index (χ4n) is 1.34. The fraction of sp³-hybridized carbons (Fsp3) is 0.900. The lowest BCUT2D eigenvalue weighted by Crippen LogP contribution is -2.43. The lowest BCUT2D eigenvalue weighted by molar-refractivity contribution is 0.0258. The van der Waals surface area contributed by atoms with Gasteiger partial charge in [-0.1, -0.05) is 6.92 Å². The Balaban J connectivity index is 4.11. The van der Waals surface area contributed by atoms with Crippen LogP contribution in [0.4, 0.5) is 0 Å². The van der Waals surface area contributed by atoms with Crippen molar-refractivity contribution in [3.63, 3.8) is 0 Å². The Morgan fingerprint density at radius 1 is 1.54 bits per heavy atom. The molecule has 0 aliphatic rings. The third-order valence-corrected chi connectivity index (χ3v) is 2.01. The first-order chi connectivity index (χ1) is 5.90. The van der Waals surface area contributed by atoms with Crippen LogP contribution < -0.4 is 0 Å². The molecule has 3 nitrogen and oxygen atoms in total. The lowest BCUT2D eigenvalue weighted by Gasteiger charge is -2.31. The third kappa shape index (κ3) is 5.62. The van der Waals surface area contributed by atoms with Crippen LogP contribution in [0.2, 0.25) is 0 Å². The second kappa shape index (κ2) is 5.21. The molecular weight excluding hydrogens is 164 g/mol. The zero-order chi connectivity index (χ0) is 10.5. The average molecular weight is 184 g/mol. The molecule has 0 fully saturated rings. The van der Waals surface area contributed by atoms with Crippen molar-refractivity contribution < 1.29 is 5.11 Å². The molecule has 0 radical (unpaired) electrons. The number of likely N-dealkylation sites (N-methyl/N-ethyl adjacent to an activating group) is 1. The highest BCUT2D eigenvalue weighted by molar-refractivity contribution is 4.82. The van der Waals surface area contributed by atoms with Gasteiger partial charge in [-0.05, 0) is 27.3 Å². The first kappa shape index (κ1) is 12.4. The zero-order valence-corrected chi connectivity index (χ0v) is 9.04. The van der Waals surface area contributed by atoms with E-state index in [1.54, 1.807) is 13.8 Å². The van der Waals surface area contributed by atoms with Gasteiger partial charge in [-0.3, -0.25) is 4.90 Å². The molecule has 1 N–H and O–H groups in total. The van der Waals surface area contributed by atoms with E-state index in [1.165, 1.54) is 0 Å². The number of hydrogen-bond acceptors (Lipinski definition) is 3. The summed E-state index contributed by atoms with van der Waals surface area (Å²) in [4.78, 5) is 2.11. The Morgan fingerprint density at radius 2 is 2.08 bits per heavy atom. The van der Waals surface area contributed by atoms with Crippen LogP contribution in [0.3, 0.4) is 0 Å². The van der Waals surface area contributed by atoms with E-state index in [1.807, 2.05) is 13.8 Å². The van der Waals surface area contributed by atoms with Crippen LogP contribution in [-0.4, -0.2) is 34.7 Å². The number of hydrogen-bond donors (Lipinski definition) is 1. The van der Waals surface area contributed by atoms with Gasteiger partial charge in [-0.15, -0.1) is 0 Å². The van der Waals surface area contributed by atoms with Gasteiger partial charge in [-0.25, -0.2) is 0 Å². The van der Waals surface area contributed by atoms with Crippen LogP contribution in [0.5, 0.6) is 0 Å². The van der Waals surface area contributed by atoms with Crippen molar-refractivity contribution in [2.24, 2.45) is 0 Å². The quantitative estimate of drug-likeness (QED) is 0.702. The van der Waals surface area contributed by atoms with Crippen molar-refractivity contribution >= 4 is 0 Å². The highest BCUT2D eigenvalue weighted by Gasteiger charge is 2.20. The lowest BCUT2D eigenvalue weighted by atomic mass is 10.1. The molecule has 0 aliphatic carbocycles. The summed E-state index contributed by atoms with van der Waals surface area (Å²) in [6.45, 7) is 9.11. The average Bonchev–Trinajstić information content (AvgIpc) is 1.99. The van der Waals surface area contributed by atoms with Crippen molar-refractivity contribution in [2.75, 3.05) is 13.1 Å². The maximum atomic E-state index is 9.61. The summed E-state index contributed by atoms with van der Waals surface area (Å²) < 4.78 is 0. The van der Waals surface area contributed by atoms with Gasteiger partial charge in [0.15, 0.2) is 0 Å². The van der Waals surface area contributed by atoms with Gasteiger partial charge in [0.25, 0.3) is 0 Å². The van der Waals surface area contributed by atoms with Crippen LogP contribution >= 0.6 is 0 Å². The highest BCUT2D eigenvalue weighted by Crippen LogP contribution is 2.09. The van der Waals surface area contributed by atoms with Crippen molar-refractivity contribution in [3.8, 4) is 6.07 Å². The monoisotopic (exact) mass is 184 g/mol. The van der Waals surface area contributed by atoms with Crippen molar-refractivity contribution in [2.45, 2.75) is 45.8 Å². The Morgan fingerprint density at radius 3 is 2.38 bits per heavy atom. The maximum Gasteiger partial charge on any atom is 0.0718 e. The van der Waals surface area contributed by atoms with E-state index in [0.717, 1.165) is 6.54 Å². The van der Waals surface area contributed by atoms with Gasteiger partial charge < -0.3 is 5.11 Å². The predicted octanol–water partition coefficient (Wildman–Crippen LogP) is 1.38. The molecule has 0 amide bonds. The topological polar surface area (TPSA) is 47.3 Å². The third-order valence-electron chi connectivity index (χ3n) is 2.01. The molecule has 0 aromatic heterocycles. The minimum absolute atomic E-state index is 0.224. The Kier molecular flexibility index (Phi) is 4.97. The summed E-state index contributed by atoms with van der Waals surface area (Å²) in [7, 11) is 0. The molecule has 0 bridgehead atoms. The first-order valence-electron chi connectivity index (χ1n) is 4.74. The maximum absolute atomic E-state index is 9.61. The van der Waals surface area contributed by atoms with E-state index < -0.39 is 5.60 Å². The second-order valence-corrected chi connectivity index (χ2v) is 4.09. The molecule has 0 aliphatic heterocycles. The van der Waals surface area contributed by atoms with E-state index in [4.69, 9.17) is 5.26 Å². The van der Waals surface area contributed by atoms with Gasteiger partial charge >= 0.3 is 0 Å². The SMILES string of the molecule is CCN(CC(C)(C)O)C(C)CC#N. The van der Waals surface area contributed by atoms with Crippen LogP contribution in [0.15, 0.2) is 0 Å². The minimum Gasteiger partial charge on any atom is -0.389 e. The number of nitrogens with zero attached hydrogens (tertiary/aromatic N) is 2. The molecule has 0 saturated carbocycles. The number of rotatable bonds is 5. The van der Waals surface area contributed by atoms with Crippen LogP contribution in [0.25, 0.3) is 0 Å². The molecular formula is C10H20N2O. The second-order valence-electron chi connectivity index (χ2n) is 4.09. The highest BCUT2D eigenvalue weighted by atomic mass is 16.3. The van der Waals surface area contributed by atoms with E-state index in [0.29, 0.717) is 13.0 Å². The molecule has 0 rings (SSSR count). The van der Waals surface area contributed by atoms with Gasteiger partial charge in [0.1, 0.15) is 0 Å². The smallest absolute Gasteiger partial charge is 0.0718 e. The summed E-state index contributed by atoms with van der Waals surface area (Å²) in [5, 5.41) is 18.2. The minimum atomic E-state index is -0.681. The molecule has 0 spiro atoms. The van der Waals surface area contributed by atoms with E-state index in [9.17, 15) is 5.11 Å². The van der Waals surface area contributed by atoms with E-state index in [2.05, 4.69) is 11.0 Å². The summed E-state index contributed by atoms with van der Waals surface area (Å²) in [5.74, 6) is 0. The molecule has 1 unspecified atom stereocenters. The van der Waals surface area contributed by atoms with Crippen LogP contribution in [0.1, 0.15) is 34.1 Å². The molecule has 0 heterocycles. The zero-order valence-electron chi connectivity index (χ0n) is 9.04. The Hall–Kier alpha value is -0.590. The molecule has 0 saturated heterocycles. The number of aliphatic hydroxyl groups is 1. The van der Waals surface area contributed by atoms with Gasteiger partial charge in [0.05, 0.1) is 18.1 Å².